The summed E-state index contributed by atoms with van der Waals surface area (Å²) in [6.45, 7) is 1.96. The Labute approximate surface area is 109 Å². The topological polar surface area (TPSA) is 26.0 Å². The molecule has 1 nitrogen and oxygen atoms in total. The lowest BCUT2D eigenvalue weighted by molar-refractivity contribution is 0.591. The predicted octanol–water partition coefficient (Wildman–Crippen LogP) is 4.15. The molecule has 2 N–H and O–H groups in total. The molecule has 0 amide bonds. The molecule has 18 heavy (non-hydrogen) atoms. The van der Waals surface area contributed by atoms with Crippen molar-refractivity contribution in [2.24, 2.45) is 0 Å². The minimum Gasteiger partial charge on any atom is -0.398 e. The van der Waals surface area contributed by atoms with E-state index in [2.05, 4.69) is 0 Å². The lowest BCUT2D eigenvalue weighted by atomic mass is 10.2. The number of benzene rings is 2. The molecule has 0 aliphatic heterocycles. The number of nitrogen functional groups attached to an aromatic ring is 1. The second-order valence-corrected chi connectivity index (χ2v) is 5.08. The van der Waals surface area contributed by atoms with E-state index in [1.807, 2.05) is 25.1 Å². The van der Waals surface area contributed by atoms with E-state index in [9.17, 15) is 8.78 Å². The van der Waals surface area contributed by atoms with Gasteiger partial charge in [-0.1, -0.05) is 6.07 Å². The summed E-state index contributed by atoms with van der Waals surface area (Å²) in [5.74, 6) is -0.462. The largest absolute Gasteiger partial charge is 0.398 e. The molecule has 0 radical (unpaired) electrons. The van der Waals surface area contributed by atoms with Gasteiger partial charge < -0.3 is 5.73 Å². The molecular formula is C14H13F2NS. The monoisotopic (exact) mass is 265 g/mol. The van der Waals surface area contributed by atoms with Crippen molar-refractivity contribution in [3.63, 3.8) is 0 Å². The molecule has 94 valence electrons. The normalized spacial score (nSPS) is 10.6. The molecular weight excluding hydrogens is 252 g/mol. The molecule has 4 heteroatoms. The summed E-state index contributed by atoms with van der Waals surface area (Å²) in [5, 5.41) is 0. The Hall–Kier alpha value is -1.55. The Morgan fingerprint density at radius 1 is 1.11 bits per heavy atom. The third kappa shape index (κ3) is 3.01. The maximum atomic E-state index is 13.4. The number of nitrogens with two attached hydrogens (primary N) is 1. The van der Waals surface area contributed by atoms with Crippen molar-refractivity contribution in [1.29, 1.82) is 0 Å². The lowest BCUT2D eigenvalue weighted by Crippen LogP contribution is -1.92. The Kier molecular flexibility index (Phi) is 3.87. The fourth-order valence-electron chi connectivity index (χ4n) is 1.58. The number of halogens is 2. The van der Waals surface area contributed by atoms with Gasteiger partial charge in [-0.05, 0) is 42.8 Å². The van der Waals surface area contributed by atoms with Crippen LogP contribution in [0.25, 0.3) is 0 Å². The van der Waals surface area contributed by atoms with E-state index in [1.54, 1.807) is 0 Å². The quantitative estimate of drug-likeness (QED) is 0.666. The summed E-state index contributed by atoms with van der Waals surface area (Å²) in [6.07, 6.45) is 0. The van der Waals surface area contributed by atoms with E-state index >= 15 is 0 Å². The molecule has 0 atom stereocenters. The van der Waals surface area contributed by atoms with Crippen LogP contribution in [-0.4, -0.2) is 0 Å². The van der Waals surface area contributed by atoms with Crippen LogP contribution in [-0.2, 0) is 5.75 Å². The maximum absolute atomic E-state index is 13.4. The summed E-state index contributed by atoms with van der Waals surface area (Å²) in [7, 11) is 0. The second kappa shape index (κ2) is 5.40. The van der Waals surface area contributed by atoms with Gasteiger partial charge in [-0.25, -0.2) is 8.78 Å². The van der Waals surface area contributed by atoms with Gasteiger partial charge in [0.1, 0.15) is 11.6 Å². The zero-order chi connectivity index (χ0) is 13.1. The lowest BCUT2D eigenvalue weighted by Gasteiger charge is -2.07. The minimum absolute atomic E-state index is 0.348. The van der Waals surface area contributed by atoms with Crippen LogP contribution in [0.3, 0.4) is 0 Å². The van der Waals surface area contributed by atoms with Crippen molar-refractivity contribution in [3.8, 4) is 0 Å². The zero-order valence-electron chi connectivity index (χ0n) is 9.91. The van der Waals surface area contributed by atoms with Gasteiger partial charge in [0, 0.05) is 21.9 Å². The Morgan fingerprint density at radius 2 is 1.89 bits per heavy atom. The first-order chi connectivity index (χ1) is 8.56. The molecule has 0 fully saturated rings. The second-order valence-electron chi connectivity index (χ2n) is 4.07. The van der Waals surface area contributed by atoms with Crippen LogP contribution in [0.2, 0.25) is 0 Å². The number of aryl methyl sites for hydroxylation is 1. The molecule has 0 aliphatic rings. The van der Waals surface area contributed by atoms with Crippen LogP contribution >= 0.6 is 11.8 Å². The fourth-order valence-corrected chi connectivity index (χ4v) is 2.61. The van der Waals surface area contributed by atoms with E-state index < -0.39 is 11.6 Å². The number of rotatable bonds is 3. The smallest absolute Gasteiger partial charge is 0.127 e. The average Bonchev–Trinajstić information content (AvgIpc) is 2.34. The Morgan fingerprint density at radius 3 is 2.67 bits per heavy atom. The highest BCUT2D eigenvalue weighted by atomic mass is 32.2. The molecule has 0 spiro atoms. The van der Waals surface area contributed by atoms with Gasteiger partial charge in [0.05, 0.1) is 0 Å². The molecule has 0 unspecified atom stereocenters. The summed E-state index contributed by atoms with van der Waals surface area (Å²) >= 11 is 1.41. The van der Waals surface area contributed by atoms with E-state index in [0.717, 1.165) is 22.6 Å². The van der Waals surface area contributed by atoms with E-state index in [-0.39, 0.29) is 0 Å². The number of thioether (sulfide) groups is 1. The molecule has 0 heterocycles. The van der Waals surface area contributed by atoms with Crippen LogP contribution in [0.1, 0.15) is 11.1 Å². The Bertz CT molecular complexity index is 518. The third-order valence-electron chi connectivity index (χ3n) is 2.56. The van der Waals surface area contributed by atoms with Gasteiger partial charge in [-0.15, -0.1) is 11.8 Å². The first-order valence-corrected chi connectivity index (χ1v) is 6.47. The van der Waals surface area contributed by atoms with Gasteiger partial charge in [-0.3, -0.25) is 0 Å². The SMILES string of the molecule is Cc1ccc(N)c(SCc2cc(F)ccc2F)c1. The highest BCUT2D eigenvalue weighted by molar-refractivity contribution is 7.98. The summed E-state index contributed by atoms with van der Waals surface area (Å²) < 4.78 is 26.5. The molecule has 0 bridgehead atoms. The fraction of sp³-hybridized carbons (Fsp3) is 0.143. The predicted molar refractivity (Wildman–Crippen MR) is 71.5 cm³/mol. The van der Waals surface area contributed by atoms with Crippen molar-refractivity contribution < 1.29 is 8.78 Å². The Balaban J connectivity index is 2.16. The highest BCUT2D eigenvalue weighted by Crippen LogP contribution is 2.29. The average molecular weight is 265 g/mol. The first-order valence-electron chi connectivity index (χ1n) is 5.49. The summed E-state index contributed by atoms with van der Waals surface area (Å²) in [6, 6.07) is 9.16. The van der Waals surface area contributed by atoms with Crippen LogP contribution in [0, 0.1) is 18.6 Å². The van der Waals surface area contributed by atoms with Crippen molar-refractivity contribution in [2.75, 3.05) is 5.73 Å². The molecule has 2 aromatic carbocycles. The van der Waals surface area contributed by atoms with Crippen molar-refractivity contribution >= 4 is 17.4 Å². The molecule has 0 saturated carbocycles. The standard InChI is InChI=1S/C14H13F2NS/c1-9-2-5-13(17)14(6-9)18-8-10-7-11(15)3-4-12(10)16/h2-7H,8,17H2,1H3. The van der Waals surface area contributed by atoms with E-state index in [1.165, 1.54) is 17.8 Å². The molecule has 0 aliphatic carbocycles. The molecule has 2 rings (SSSR count). The van der Waals surface area contributed by atoms with Gasteiger partial charge in [0.25, 0.3) is 0 Å². The zero-order valence-corrected chi connectivity index (χ0v) is 10.7. The van der Waals surface area contributed by atoms with Gasteiger partial charge in [0.15, 0.2) is 0 Å². The summed E-state index contributed by atoms with van der Waals surface area (Å²) in [4.78, 5) is 0.888. The third-order valence-corrected chi connectivity index (χ3v) is 3.68. The van der Waals surface area contributed by atoms with Crippen LogP contribution in [0.4, 0.5) is 14.5 Å². The van der Waals surface area contributed by atoms with Crippen LogP contribution < -0.4 is 5.73 Å². The van der Waals surface area contributed by atoms with Crippen LogP contribution in [0.15, 0.2) is 41.3 Å². The number of hydrogen-bond acceptors (Lipinski definition) is 2. The number of hydrogen-bond donors (Lipinski definition) is 1. The van der Waals surface area contributed by atoms with Gasteiger partial charge in [0.2, 0.25) is 0 Å². The number of anilines is 1. The van der Waals surface area contributed by atoms with Crippen molar-refractivity contribution in [3.05, 3.63) is 59.2 Å². The van der Waals surface area contributed by atoms with E-state index in [0.29, 0.717) is 17.0 Å². The van der Waals surface area contributed by atoms with Gasteiger partial charge in [-0.2, -0.15) is 0 Å². The van der Waals surface area contributed by atoms with Gasteiger partial charge >= 0.3 is 0 Å². The minimum atomic E-state index is -0.427. The molecule has 0 aromatic heterocycles. The highest BCUT2D eigenvalue weighted by Gasteiger charge is 2.06. The molecule has 2 aromatic rings. The van der Waals surface area contributed by atoms with Crippen molar-refractivity contribution in [1.82, 2.24) is 0 Å². The van der Waals surface area contributed by atoms with Crippen molar-refractivity contribution in [2.45, 2.75) is 17.6 Å². The van der Waals surface area contributed by atoms with Crippen LogP contribution in [0.5, 0.6) is 0 Å². The summed E-state index contributed by atoms with van der Waals surface area (Å²) in [5.41, 5.74) is 7.93. The van der Waals surface area contributed by atoms with E-state index in [4.69, 9.17) is 5.73 Å². The molecule has 0 saturated heterocycles. The first kappa shape index (κ1) is 12.9. The maximum Gasteiger partial charge on any atom is 0.127 e.